The van der Waals surface area contributed by atoms with Crippen LogP contribution < -0.4 is 16.9 Å². The molecule has 0 bridgehead atoms. The van der Waals surface area contributed by atoms with Gasteiger partial charge in [-0.2, -0.15) is 5.10 Å². The Hall–Kier alpha value is -2.15. The molecule has 1 amide bonds. The molecule has 0 radical (unpaired) electrons. The molecule has 2 rings (SSSR count). The van der Waals surface area contributed by atoms with Crippen LogP contribution in [-0.2, 0) is 4.74 Å². The number of carbonyl (C=O) groups is 1. The minimum absolute atomic E-state index is 0.114. The van der Waals surface area contributed by atoms with Gasteiger partial charge in [0.15, 0.2) is 5.11 Å². The molecule has 26 heavy (non-hydrogen) atoms. The summed E-state index contributed by atoms with van der Waals surface area (Å²) in [6.07, 6.45) is 6.66. The third-order valence-corrected chi connectivity index (χ3v) is 4.82. The molecule has 0 spiro atoms. The van der Waals surface area contributed by atoms with Crippen molar-refractivity contribution in [3.63, 3.8) is 0 Å². The van der Waals surface area contributed by atoms with Gasteiger partial charge >= 0.3 is 6.09 Å². The number of nitrogens with zero attached hydrogens (tertiary/aromatic N) is 1. The van der Waals surface area contributed by atoms with Crippen molar-refractivity contribution in [2.75, 3.05) is 0 Å². The highest BCUT2D eigenvalue weighted by Crippen LogP contribution is 2.32. The fraction of sp³-hybridized carbons (Fsp3) is 0.526. The lowest BCUT2D eigenvalue weighted by Gasteiger charge is -2.22. The maximum Gasteiger partial charge on any atom is 0.404 e. The standard InChI is InChI=1S/C19H28N4O2S/c1-13(25-19(21)24)7-12-17(22-23-18(20)26)16-10-8-15(9-11-16)14-5-3-2-4-6-14/h8-11,13-14H,2-7,12H2,1H3,(H2,21,24)(H3,20,23,26). The molecular formula is C19H28N4O2S. The molecule has 1 aromatic carbocycles. The van der Waals surface area contributed by atoms with Crippen molar-refractivity contribution in [3.8, 4) is 0 Å². The third-order valence-electron chi connectivity index (χ3n) is 4.73. The zero-order valence-electron chi connectivity index (χ0n) is 15.2. The second-order valence-electron chi connectivity index (χ2n) is 6.78. The van der Waals surface area contributed by atoms with Crippen LogP contribution in [0.2, 0.25) is 0 Å². The van der Waals surface area contributed by atoms with Crippen molar-refractivity contribution < 1.29 is 9.53 Å². The van der Waals surface area contributed by atoms with E-state index in [4.69, 9.17) is 28.4 Å². The van der Waals surface area contributed by atoms with Gasteiger partial charge in [-0.05, 0) is 61.9 Å². The molecule has 0 saturated heterocycles. The molecule has 1 atom stereocenters. The number of hydrazone groups is 1. The van der Waals surface area contributed by atoms with Crippen LogP contribution in [0.15, 0.2) is 29.4 Å². The van der Waals surface area contributed by atoms with Gasteiger partial charge in [0.2, 0.25) is 0 Å². The molecule has 1 unspecified atom stereocenters. The van der Waals surface area contributed by atoms with E-state index in [1.165, 1.54) is 37.7 Å². The van der Waals surface area contributed by atoms with E-state index in [0.717, 1.165) is 11.3 Å². The number of nitrogens with two attached hydrogens (primary N) is 2. The van der Waals surface area contributed by atoms with Crippen LogP contribution in [0.25, 0.3) is 0 Å². The van der Waals surface area contributed by atoms with Crippen LogP contribution in [0.4, 0.5) is 4.79 Å². The summed E-state index contributed by atoms with van der Waals surface area (Å²) in [6, 6.07) is 8.54. The minimum atomic E-state index is -0.769. The number of ether oxygens (including phenoxy) is 1. The van der Waals surface area contributed by atoms with Crippen LogP contribution in [0.3, 0.4) is 0 Å². The number of benzene rings is 1. The zero-order valence-corrected chi connectivity index (χ0v) is 16.1. The first-order valence-electron chi connectivity index (χ1n) is 9.14. The number of nitrogens with one attached hydrogen (secondary N) is 1. The Bertz CT molecular complexity index is 639. The quantitative estimate of drug-likeness (QED) is 0.384. The summed E-state index contributed by atoms with van der Waals surface area (Å²) in [7, 11) is 0. The SMILES string of the molecule is CC(CCC(=NNC(N)=S)c1ccc(C2CCCCC2)cc1)OC(N)=O. The molecule has 0 heterocycles. The van der Waals surface area contributed by atoms with E-state index in [1.807, 2.05) is 0 Å². The Morgan fingerprint density at radius 2 is 1.92 bits per heavy atom. The first-order valence-corrected chi connectivity index (χ1v) is 9.55. The van der Waals surface area contributed by atoms with Gasteiger partial charge in [-0.3, -0.25) is 5.43 Å². The highest BCUT2D eigenvalue weighted by molar-refractivity contribution is 7.80. The molecular weight excluding hydrogens is 348 g/mol. The summed E-state index contributed by atoms with van der Waals surface area (Å²) < 4.78 is 4.97. The van der Waals surface area contributed by atoms with E-state index in [-0.39, 0.29) is 11.2 Å². The Balaban J connectivity index is 2.07. The molecule has 1 fully saturated rings. The van der Waals surface area contributed by atoms with Gasteiger partial charge in [0, 0.05) is 0 Å². The van der Waals surface area contributed by atoms with Gasteiger partial charge in [-0.1, -0.05) is 43.5 Å². The second-order valence-corrected chi connectivity index (χ2v) is 7.22. The third kappa shape index (κ3) is 6.63. The van der Waals surface area contributed by atoms with Gasteiger partial charge in [0.05, 0.1) is 5.71 Å². The maximum atomic E-state index is 10.9. The molecule has 1 aliphatic rings. The van der Waals surface area contributed by atoms with E-state index >= 15 is 0 Å². The number of rotatable bonds is 7. The van der Waals surface area contributed by atoms with Crippen molar-refractivity contribution in [1.29, 1.82) is 0 Å². The highest BCUT2D eigenvalue weighted by atomic mass is 32.1. The van der Waals surface area contributed by atoms with Gasteiger partial charge in [-0.25, -0.2) is 4.79 Å². The molecule has 1 aromatic rings. The van der Waals surface area contributed by atoms with Crippen molar-refractivity contribution in [1.82, 2.24) is 5.43 Å². The van der Waals surface area contributed by atoms with Gasteiger partial charge in [0.1, 0.15) is 6.10 Å². The number of hydrogen-bond donors (Lipinski definition) is 3. The first kappa shape index (κ1) is 20.2. The predicted octanol–water partition coefficient (Wildman–Crippen LogP) is 3.54. The lowest BCUT2D eigenvalue weighted by Crippen LogP contribution is -2.26. The van der Waals surface area contributed by atoms with E-state index in [9.17, 15) is 4.79 Å². The predicted molar refractivity (Wildman–Crippen MR) is 108 cm³/mol. The molecule has 1 saturated carbocycles. The van der Waals surface area contributed by atoms with Crippen LogP contribution in [-0.4, -0.2) is 23.0 Å². The number of primary amides is 1. The molecule has 0 aliphatic heterocycles. The zero-order chi connectivity index (χ0) is 18.9. The van der Waals surface area contributed by atoms with Gasteiger partial charge in [0.25, 0.3) is 0 Å². The summed E-state index contributed by atoms with van der Waals surface area (Å²) in [5.74, 6) is 0.664. The second kappa shape index (κ2) is 10.1. The number of carbonyl (C=O) groups excluding carboxylic acids is 1. The van der Waals surface area contributed by atoms with Crippen molar-refractivity contribution in [2.45, 2.75) is 63.9 Å². The van der Waals surface area contributed by atoms with E-state index in [1.54, 1.807) is 6.92 Å². The summed E-state index contributed by atoms with van der Waals surface area (Å²) in [6.45, 7) is 1.80. The van der Waals surface area contributed by atoms with Crippen molar-refractivity contribution >= 4 is 29.1 Å². The average molecular weight is 377 g/mol. The van der Waals surface area contributed by atoms with E-state index < -0.39 is 6.09 Å². The minimum Gasteiger partial charge on any atom is -0.447 e. The highest BCUT2D eigenvalue weighted by Gasteiger charge is 2.16. The summed E-state index contributed by atoms with van der Waals surface area (Å²) >= 11 is 4.84. The Kier molecular flexibility index (Phi) is 7.84. The maximum absolute atomic E-state index is 10.9. The Labute approximate surface area is 160 Å². The lowest BCUT2D eigenvalue weighted by atomic mass is 9.84. The van der Waals surface area contributed by atoms with Crippen molar-refractivity contribution in [3.05, 3.63) is 35.4 Å². The van der Waals surface area contributed by atoms with Crippen LogP contribution in [0.1, 0.15) is 68.9 Å². The number of amides is 1. The Morgan fingerprint density at radius 1 is 1.27 bits per heavy atom. The molecule has 1 aliphatic carbocycles. The summed E-state index contributed by atoms with van der Waals surface area (Å²) in [5, 5.41) is 4.43. The molecule has 5 N–H and O–H groups in total. The van der Waals surface area contributed by atoms with Crippen LogP contribution in [0.5, 0.6) is 0 Å². The Morgan fingerprint density at radius 3 is 2.50 bits per heavy atom. The molecule has 142 valence electrons. The first-order chi connectivity index (χ1) is 12.5. The smallest absolute Gasteiger partial charge is 0.404 e. The number of thiocarbonyl (C=S) groups is 1. The fourth-order valence-corrected chi connectivity index (χ4v) is 3.41. The molecule has 7 heteroatoms. The summed E-state index contributed by atoms with van der Waals surface area (Å²) in [4.78, 5) is 10.9. The molecule has 0 aromatic heterocycles. The topological polar surface area (TPSA) is 103 Å². The van der Waals surface area contributed by atoms with Crippen LogP contribution >= 0.6 is 12.2 Å². The van der Waals surface area contributed by atoms with Gasteiger partial charge in [-0.15, -0.1) is 0 Å². The number of hydrogen-bond acceptors (Lipinski definition) is 4. The largest absolute Gasteiger partial charge is 0.447 e. The summed E-state index contributed by atoms with van der Waals surface area (Å²) in [5.41, 5.74) is 16.4. The van der Waals surface area contributed by atoms with Crippen molar-refractivity contribution in [2.24, 2.45) is 16.6 Å². The van der Waals surface area contributed by atoms with E-state index in [0.29, 0.717) is 18.8 Å². The van der Waals surface area contributed by atoms with E-state index in [2.05, 4.69) is 34.8 Å². The van der Waals surface area contributed by atoms with Gasteiger partial charge < -0.3 is 16.2 Å². The fourth-order valence-electron chi connectivity index (χ4n) is 3.37. The lowest BCUT2D eigenvalue weighted by molar-refractivity contribution is 0.112. The average Bonchev–Trinajstić information content (AvgIpc) is 2.62. The normalized spacial score (nSPS) is 16.7. The monoisotopic (exact) mass is 376 g/mol. The molecule has 6 nitrogen and oxygen atoms in total. The van der Waals surface area contributed by atoms with Crippen LogP contribution in [0, 0.1) is 0 Å².